The smallest absolute Gasteiger partial charge is 0.00213 e. The number of rotatable bonds is 1. The van der Waals surface area contributed by atoms with Gasteiger partial charge in [-0.25, -0.2) is 0 Å². The van der Waals surface area contributed by atoms with Gasteiger partial charge in [0.2, 0.25) is 0 Å². The quantitative estimate of drug-likeness (QED) is 0.215. The molecule has 27 heavy (non-hydrogen) atoms. The van der Waals surface area contributed by atoms with Gasteiger partial charge in [-0.05, 0) is 81.4 Å². The van der Waals surface area contributed by atoms with Gasteiger partial charge in [0.15, 0.2) is 0 Å². The molecule has 0 aliphatic rings. The van der Waals surface area contributed by atoms with Crippen LogP contribution in [0.3, 0.4) is 0 Å². The van der Waals surface area contributed by atoms with Crippen LogP contribution in [0.15, 0.2) is 78.9 Å². The zero-order chi connectivity index (χ0) is 18.5. The highest BCUT2D eigenvalue weighted by Crippen LogP contribution is 2.41. The van der Waals surface area contributed by atoms with E-state index in [1.165, 1.54) is 60.1 Å². The number of aryl methyl sites for hydroxylation is 3. The van der Waals surface area contributed by atoms with Crippen LogP contribution in [0.5, 0.6) is 0 Å². The Hall–Kier alpha value is -3.12. The molecule has 0 bridgehead atoms. The lowest BCUT2D eigenvalue weighted by Crippen LogP contribution is -1.93. The molecule has 5 aromatic carbocycles. The molecule has 0 aromatic heterocycles. The topological polar surface area (TPSA) is 0 Å². The van der Waals surface area contributed by atoms with Gasteiger partial charge < -0.3 is 0 Å². The summed E-state index contributed by atoms with van der Waals surface area (Å²) >= 11 is 0. The summed E-state index contributed by atoms with van der Waals surface area (Å²) < 4.78 is 0. The van der Waals surface area contributed by atoms with Crippen LogP contribution >= 0.6 is 0 Å². The monoisotopic (exact) mass is 346 g/mol. The minimum absolute atomic E-state index is 1.29. The lowest BCUT2D eigenvalue weighted by Gasteiger charge is -2.18. The lowest BCUT2D eigenvalue weighted by molar-refractivity contribution is 1.33. The van der Waals surface area contributed by atoms with E-state index < -0.39 is 0 Å². The van der Waals surface area contributed by atoms with Gasteiger partial charge in [-0.1, -0.05) is 78.4 Å². The van der Waals surface area contributed by atoms with Gasteiger partial charge in [-0.15, -0.1) is 0 Å². The van der Waals surface area contributed by atoms with Gasteiger partial charge in [0, 0.05) is 0 Å². The van der Waals surface area contributed by atoms with Crippen LogP contribution in [-0.2, 0) is 0 Å². The van der Waals surface area contributed by atoms with E-state index in [4.69, 9.17) is 0 Å². The molecule has 0 nitrogen and oxygen atoms in total. The van der Waals surface area contributed by atoms with E-state index in [9.17, 15) is 0 Å². The minimum Gasteiger partial charge on any atom is -0.0616 e. The summed E-state index contributed by atoms with van der Waals surface area (Å²) in [5, 5.41) is 7.92. The number of hydrogen-bond donors (Lipinski definition) is 0. The van der Waals surface area contributed by atoms with Crippen molar-refractivity contribution in [2.75, 3.05) is 0 Å². The van der Waals surface area contributed by atoms with E-state index in [0.717, 1.165) is 0 Å². The molecule has 5 aromatic rings. The Morgan fingerprint density at radius 3 is 1.81 bits per heavy atom. The van der Waals surface area contributed by atoms with E-state index in [-0.39, 0.29) is 0 Å². The van der Waals surface area contributed by atoms with E-state index in [1.807, 2.05) is 0 Å². The van der Waals surface area contributed by atoms with Crippen LogP contribution in [-0.4, -0.2) is 0 Å². The second-order valence-corrected chi connectivity index (χ2v) is 7.63. The second kappa shape index (κ2) is 5.96. The van der Waals surface area contributed by atoms with Crippen LogP contribution in [0.1, 0.15) is 16.7 Å². The maximum atomic E-state index is 2.36. The molecule has 0 aliphatic carbocycles. The molecule has 130 valence electrons. The maximum absolute atomic E-state index is 2.36. The standard InChI is InChI=1S/C27H22/c1-17-14-18(2)26(19(3)15-17)27-23-11-7-5-9-21(23)16-25-22-10-6-4-8-20(22)12-13-24(25)27/h4-16H,1-3H3. The zero-order valence-corrected chi connectivity index (χ0v) is 16.0. The second-order valence-electron chi connectivity index (χ2n) is 7.63. The van der Waals surface area contributed by atoms with E-state index in [1.54, 1.807) is 0 Å². The molecule has 0 saturated carbocycles. The van der Waals surface area contributed by atoms with Crippen molar-refractivity contribution in [1.29, 1.82) is 0 Å². The van der Waals surface area contributed by atoms with Gasteiger partial charge in [-0.3, -0.25) is 0 Å². The van der Waals surface area contributed by atoms with E-state index in [0.29, 0.717) is 0 Å². The Bertz CT molecular complexity index is 1320. The summed E-state index contributed by atoms with van der Waals surface area (Å²) in [6, 6.07) is 29.0. The zero-order valence-electron chi connectivity index (χ0n) is 16.0. The van der Waals surface area contributed by atoms with E-state index in [2.05, 4.69) is 99.6 Å². The first-order chi connectivity index (χ1) is 13.1. The summed E-state index contributed by atoms with van der Waals surface area (Å²) in [6.07, 6.45) is 0. The number of fused-ring (bicyclic) bond motifs is 4. The molecule has 0 fully saturated rings. The van der Waals surface area contributed by atoms with Crippen molar-refractivity contribution in [2.24, 2.45) is 0 Å². The predicted octanol–water partition coefficient (Wildman–Crippen LogP) is 7.74. The molecule has 0 aliphatic heterocycles. The fourth-order valence-electron chi connectivity index (χ4n) is 4.66. The highest BCUT2D eigenvalue weighted by Gasteiger charge is 2.15. The first-order valence-corrected chi connectivity index (χ1v) is 9.55. The van der Waals surface area contributed by atoms with Crippen molar-refractivity contribution in [3.05, 3.63) is 95.6 Å². The molecule has 5 rings (SSSR count). The Kier molecular flexibility index (Phi) is 3.55. The molecule has 0 spiro atoms. The van der Waals surface area contributed by atoms with Crippen molar-refractivity contribution < 1.29 is 0 Å². The first-order valence-electron chi connectivity index (χ1n) is 9.55. The van der Waals surface area contributed by atoms with Crippen molar-refractivity contribution in [1.82, 2.24) is 0 Å². The third-order valence-corrected chi connectivity index (χ3v) is 5.70. The summed E-state index contributed by atoms with van der Waals surface area (Å²) in [7, 11) is 0. The van der Waals surface area contributed by atoms with Crippen LogP contribution in [0, 0.1) is 20.8 Å². The van der Waals surface area contributed by atoms with Crippen molar-refractivity contribution in [3.63, 3.8) is 0 Å². The Labute approximate surface area is 160 Å². The van der Waals surface area contributed by atoms with Crippen molar-refractivity contribution >= 4 is 32.3 Å². The maximum Gasteiger partial charge on any atom is -0.00213 e. The minimum atomic E-state index is 1.29. The lowest BCUT2D eigenvalue weighted by atomic mass is 9.86. The molecule has 0 saturated heterocycles. The third-order valence-electron chi connectivity index (χ3n) is 5.70. The van der Waals surface area contributed by atoms with Crippen LogP contribution in [0.25, 0.3) is 43.4 Å². The Morgan fingerprint density at radius 2 is 1.07 bits per heavy atom. The van der Waals surface area contributed by atoms with Gasteiger partial charge in [0.1, 0.15) is 0 Å². The molecule has 0 N–H and O–H groups in total. The fourth-order valence-corrected chi connectivity index (χ4v) is 4.66. The third kappa shape index (κ3) is 2.44. The van der Waals surface area contributed by atoms with Crippen molar-refractivity contribution in [3.8, 4) is 11.1 Å². The molecular formula is C27H22. The average Bonchev–Trinajstić information content (AvgIpc) is 2.66. The Balaban J connectivity index is 2.05. The molecule has 0 amide bonds. The predicted molar refractivity (Wildman–Crippen MR) is 119 cm³/mol. The molecule has 0 heteroatoms. The molecular weight excluding hydrogens is 324 g/mol. The van der Waals surface area contributed by atoms with Gasteiger partial charge in [0.05, 0.1) is 0 Å². The molecule has 0 radical (unpaired) electrons. The van der Waals surface area contributed by atoms with Gasteiger partial charge >= 0.3 is 0 Å². The molecule has 0 unspecified atom stereocenters. The van der Waals surface area contributed by atoms with Crippen LogP contribution in [0.4, 0.5) is 0 Å². The first kappa shape index (κ1) is 16.1. The number of hydrogen-bond acceptors (Lipinski definition) is 0. The summed E-state index contributed by atoms with van der Waals surface area (Å²) in [5.74, 6) is 0. The molecule has 0 atom stereocenters. The SMILES string of the molecule is Cc1cc(C)c(-c2c3ccccc3cc3c2ccc2ccccc23)c(C)c1. The summed E-state index contributed by atoms with van der Waals surface area (Å²) in [6.45, 7) is 6.66. The summed E-state index contributed by atoms with van der Waals surface area (Å²) in [5.41, 5.74) is 6.75. The highest BCUT2D eigenvalue weighted by atomic mass is 14.2. The highest BCUT2D eigenvalue weighted by molar-refractivity contribution is 6.20. The normalized spacial score (nSPS) is 11.5. The van der Waals surface area contributed by atoms with Gasteiger partial charge in [0.25, 0.3) is 0 Å². The largest absolute Gasteiger partial charge is 0.0616 e. The average molecular weight is 346 g/mol. The number of benzene rings is 5. The van der Waals surface area contributed by atoms with Gasteiger partial charge in [-0.2, -0.15) is 0 Å². The summed E-state index contributed by atoms with van der Waals surface area (Å²) in [4.78, 5) is 0. The van der Waals surface area contributed by atoms with Crippen molar-refractivity contribution in [2.45, 2.75) is 20.8 Å². The fraction of sp³-hybridized carbons (Fsp3) is 0.111. The van der Waals surface area contributed by atoms with Crippen LogP contribution in [0.2, 0.25) is 0 Å². The van der Waals surface area contributed by atoms with E-state index >= 15 is 0 Å². The Morgan fingerprint density at radius 1 is 0.444 bits per heavy atom. The molecule has 0 heterocycles. The van der Waals surface area contributed by atoms with Crippen LogP contribution < -0.4 is 0 Å².